The van der Waals surface area contributed by atoms with E-state index in [0.29, 0.717) is 0 Å². The van der Waals surface area contributed by atoms with Gasteiger partial charge in [-0.25, -0.2) is 5.43 Å². The Labute approximate surface area is 118 Å². The molecule has 3 rings (SSSR count). The molecule has 1 aliphatic heterocycles. The van der Waals surface area contributed by atoms with Crippen LogP contribution in [0.1, 0.15) is 35.5 Å². The van der Waals surface area contributed by atoms with Crippen LogP contribution in [-0.4, -0.2) is 16.4 Å². The van der Waals surface area contributed by atoms with Gasteiger partial charge in [0.05, 0.1) is 24.0 Å². The lowest BCUT2D eigenvalue weighted by molar-refractivity contribution is 0.356. The van der Waals surface area contributed by atoms with Crippen molar-refractivity contribution in [1.29, 1.82) is 0 Å². The molecule has 0 aliphatic carbocycles. The third kappa shape index (κ3) is 2.19. The van der Waals surface area contributed by atoms with E-state index in [1.807, 2.05) is 17.7 Å². The molecule has 1 atom stereocenters. The van der Waals surface area contributed by atoms with Crippen LogP contribution in [0.25, 0.3) is 0 Å². The third-order valence-electron chi connectivity index (χ3n) is 3.74. The van der Waals surface area contributed by atoms with Crippen LogP contribution >= 0.6 is 0 Å². The quantitative estimate of drug-likeness (QED) is 0.657. The van der Waals surface area contributed by atoms with Gasteiger partial charge in [0.1, 0.15) is 5.75 Å². The molecule has 0 spiro atoms. The summed E-state index contributed by atoms with van der Waals surface area (Å²) in [6, 6.07) is 8.30. The average Bonchev–Trinajstić information content (AvgIpc) is 3.05. The highest BCUT2D eigenvalue weighted by molar-refractivity contribution is 5.42. The number of nitrogens with zero attached hydrogens (tertiary/aromatic N) is 2. The van der Waals surface area contributed by atoms with Gasteiger partial charge < -0.3 is 4.74 Å². The van der Waals surface area contributed by atoms with Gasteiger partial charge in [0.15, 0.2) is 0 Å². The Hall–Kier alpha value is -1.85. The number of fused-ring (bicyclic) bond motifs is 1. The molecule has 0 amide bonds. The van der Waals surface area contributed by atoms with Crippen molar-refractivity contribution in [3.63, 3.8) is 0 Å². The summed E-state index contributed by atoms with van der Waals surface area (Å²) in [7, 11) is 0. The Bertz CT molecular complexity index is 620. The summed E-state index contributed by atoms with van der Waals surface area (Å²) in [5.41, 5.74) is 7.40. The van der Waals surface area contributed by atoms with Crippen LogP contribution in [0.3, 0.4) is 0 Å². The topological polar surface area (TPSA) is 65.1 Å². The van der Waals surface area contributed by atoms with Gasteiger partial charge in [-0.1, -0.05) is 6.07 Å². The molecule has 5 heteroatoms. The SMILES string of the molecule is CCn1nc(C)cc1C(NN)c1ccc2c(c1)CCO2. The molecule has 106 valence electrons. The van der Waals surface area contributed by atoms with Gasteiger partial charge in [-0.3, -0.25) is 10.5 Å². The molecule has 20 heavy (non-hydrogen) atoms. The molecule has 1 aliphatic rings. The Morgan fingerprint density at radius 2 is 2.30 bits per heavy atom. The van der Waals surface area contributed by atoms with E-state index in [-0.39, 0.29) is 6.04 Å². The smallest absolute Gasteiger partial charge is 0.122 e. The van der Waals surface area contributed by atoms with E-state index in [9.17, 15) is 0 Å². The highest BCUT2D eigenvalue weighted by Gasteiger charge is 2.20. The minimum Gasteiger partial charge on any atom is -0.493 e. The maximum Gasteiger partial charge on any atom is 0.122 e. The lowest BCUT2D eigenvalue weighted by atomic mass is 10.0. The molecule has 0 saturated carbocycles. The maximum absolute atomic E-state index is 5.79. The Kier molecular flexibility index (Phi) is 3.46. The molecule has 2 aromatic rings. The highest BCUT2D eigenvalue weighted by atomic mass is 16.5. The molecular weight excluding hydrogens is 252 g/mol. The fourth-order valence-corrected chi connectivity index (χ4v) is 2.79. The lowest BCUT2D eigenvalue weighted by Gasteiger charge is -2.18. The first-order valence-corrected chi connectivity index (χ1v) is 6.99. The van der Waals surface area contributed by atoms with Gasteiger partial charge in [-0.2, -0.15) is 5.10 Å². The van der Waals surface area contributed by atoms with Crippen molar-refractivity contribution in [3.8, 4) is 5.75 Å². The molecular formula is C15H20N4O. The van der Waals surface area contributed by atoms with Crippen LogP contribution in [-0.2, 0) is 13.0 Å². The molecule has 0 fully saturated rings. The van der Waals surface area contributed by atoms with Gasteiger partial charge in [-0.15, -0.1) is 0 Å². The molecule has 0 bridgehead atoms. The van der Waals surface area contributed by atoms with Crippen LogP contribution in [0.15, 0.2) is 24.3 Å². The first-order valence-electron chi connectivity index (χ1n) is 6.99. The molecule has 0 saturated heterocycles. The first-order chi connectivity index (χ1) is 9.72. The molecule has 5 nitrogen and oxygen atoms in total. The van der Waals surface area contributed by atoms with Crippen molar-refractivity contribution in [3.05, 3.63) is 46.8 Å². The summed E-state index contributed by atoms with van der Waals surface area (Å²) in [6.07, 6.45) is 0.965. The van der Waals surface area contributed by atoms with E-state index >= 15 is 0 Å². The maximum atomic E-state index is 5.79. The fraction of sp³-hybridized carbons (Fsp3) is 0.400. The fourth-order valence-electron chi connectivity index (χ4n) is 2.79. The Balaban J connectivity index is 2.01. The van der Waals surface area contributed by atoms with Crippen molar-refractivity contribution in [2.45, 2.75) is 32.9 Å². The van der Waals surface area contributed by atoms with E-state index in [0.717, 1.165) is 42.3 Å². The van der Waals surface area contributed by atoms with Crippen molar-refractivity contribution >= 4 is 0 Å². The highest BCUT2D eigenvalue weighted by Crippen LogP contribution is 2.30. The van der Waals surface area contributed by atoms with E-state index in [1.54, 1.807) is 0 Å². The summed E-state index contributed by atoms with van der Waals surface area (Å²) in [6.45, 7) is 5.68. The molecule has 2 heterocycles. The molecule has 3 N–H and O–H groups in total. The zero-order chi connectivity index (χ0) is 14.1. The molecule has 1 unspecified atom stereocenters. The zero-order valence-corrected chi connectivity index (χ0v) is 11.9. The van der Waals surface area contributed by atoms with E-state index in [4.69, 9.17) is 10.6 Å². The van der Waals surface area contributed by atoms with E-state index < -0.39 is 0 Å². The van der Waals surface area contributed by atoms with Gasteiger partial charge in [0.2, 0.25) is 0 Å². The number of hydrogen-bond donors (Lipinski definition) is 2. The van der Waals surface area contributed by atoms with E-state index in [2.05, 4.69) is 35.6 Å². The molecule has 1 aromatic heterocycles. The number of hydrogen-bond acceptors (Lipinski definition) is 4. The van der Waals surface area contributed by atoms with Crippen LogP contribution < -0.4 is 16.0 Å². The number of hydrazine groups is 1. The number of benzene rings is 1. The number of aromatic nitrogens is 2. The molecule has 1 aromatic carbocycles. The summed E-state index contributed by atoms with van der Waals surface area (Å²) in [5.74, 6) is 6.78. The van der Waals surface area contributed by atoms with Crippen molar-refractivity contribution < 1.29 is 4.74 Å². The van der Waals surface area contributed by atoms with Gasteiger partial charge >= 0.3 is 0 Å². The first kappa shape index (κ1) is 13.1. The van der Waals surface area contributed by atoms with Crippen LogP contribution in [0.5, 0.6) is 5.75 Å². The largest absolute Gasteiger partial charge is 0.493 e. The second-order valence-electron chi connectivity index (χ2n) is 5.09. The normalized spacial score (nSPS) is 14.9. The molecule has 0 radical (unpaired) electrons. The predicted octanol–water partition coefficient (Wildman–Crippen LogP) is 1.70. The van der Waals surface area contributed by atoms with Crippen molar-refractivity contribution in [1.82, 2.24) is 15.2 Å². The van der Waals surface area contributed by atoms with Gasteiger partial charge in [0.25, 0.3) is 0 Å². The number of nitrogens with two attached hydrogens (primary N) is 1. The monoisotopic (exact) mass is 272 g/mol. The van der Waals surface area contributed by atoms with Crippen LogP contribution in [0, 0.1) is 6.92 Å². The zero-order valence-electron chi connectivity index (χ0n) is 11.9. The Morgan fingerprint density at radius 1 is 1.45 bits per heavy atom. The minimum atomic E-state index is -0.0537. The van der Waals surface area contributed by atoms with Gasteiger partial charge in [-0.05, 0) is 43.2 Å². The lowest BCUT2D eigenvalue weighted by Crippen LogP contribution is -2.30. The van der Waals surface area contributed by atoms with Crippen LogP contribution in [0.4, 0.5) is 0 Å². The Morgan fingerprint density at radius 3 is 3.05 bits per heavy atom. The summed E-state index contributed by atoms with van der Waals surface area (Å²) < 4.78 is 7.54. The van der Waals surface area contributed by atoms with Gasteiger partial charge in [0, 0.05) is 13.0 Å². The van der Waals surface area contributed by atoms with E-state index in [1.165, 1.54) is 5.56 Å². The summed E-state index contributed by atoms with van der Waals surface area (Å²) in [5, 5.41) is 4.49. The average molecular weight is 272 g/mol. The predicted molar refractivity (Wildman–Crippen MR) is 77.4 cm³/mol. The number of rotatable bonds is 4. The summed E-state index contributed by atoms with van der Waals surface area (Å²) >= 11 is 0. The number of ether oxygens (including phenoxy) is 1. The summed E-state index contributed by atoms with van der Waals surface area (Å²) in [4.78, 5) is 0. The standard InChI is InChI=1S/C15H20N4O/c1-3-19-13(8-10(2)18-19)15(17-16)12-4-5-14-11(9-12)6-7-20-14/h4-5,8-9,15,17H,3,6-7,16H2,1-2H3. The minimum absolute atomic E-state index is 0.0537. The number of nitrogens with one attached hydrogen (secondary N) is 1. The van der Waals surface area contributed by atoms with Crippen molar-refractivity contribution in [2.24, 2.45) is 5.84 Å². The second-order valence-corrected chi connectivity index (χ2v) is 5.09. The van der Waals surface area contributed by atoms with Crippen LogP contribution in [0.2, 0.25) is 0 Å². The van der Waals surface area contributed by atoms with Crippen molar-refractivity contribution in [2.75, 3.05) is 6.61 Å². The third-order valence-corrected chi connectivity index (χ3v) is 3.74. The second kappa shape index (κ2) is 5.26. The number of aryl methyl sites for hydroxylation is 2.